The second kappa shape index (κ2) is 4.37. The van der Waals surface area contributed by atoms with Gasteiger partial charge in [0, 0.05) is 18.8 Å². The fraction of sp³-hybridized carbons (Fsp3) is 0.462. The van der Waals surface area contributed by atoms with Gasteiger partial charge in [0.2, 0.25) is 0 Å². The summed E-state index contributed by atoms with van der Waals surface area (Å²) < 4.78 is 0. The monoisotopic (exact) mass is 233 g/mol. The number of fused-ring (bicyclic) bond motifs is 1. The molecular weight excluding hydrogens is 214 g/mol. The van der Waals surface area contributed by atoms with E-state index < -0.39 is 0 Å². The number of carbonyl (C=O) groups excluding carboxylic acids is 1. The lowest BCUT2D eigenvalue weighted by molar-refractivity contribution is 0.175. The van der Waals surface area contributed by atoms with Crippen LogP contribution in [0.1, 0.15) is 19.4 Å². The summed E-state index contributed by atoms with van der Waals surface area (Å²) in [4.78, 5) is 13.7. The van der Waals surface area contributed by atoms with Crippen molar-refractivity contribution in [3.63, 3.8) is 0 Å². The fourth-order valence-corrected chi connectivity index (χ4v) is 1.96. The highest BCUT2D eigenvalue weighted by molar-refractivity contribution is 5.92. The van der Waals surface area contributed by atoms with E-state index in [0.29, 0.717) is 19.6 Å². The molecule has 0 bridgehead atoms. The first-order valence-electron chi connectivity index (χ1n) is 5.86. The molecular formula is C13H19N3O. The third-order valence-electron chi connectivity index (χ3n) is 3.08. The third-order valence-corrected chi connectivity index (χ3v) is 3.08. The Balaban J connectivity index is 2.15. The van der Waals surface area contributed by atoms with Gasteiger partial charge in [-0.3, -0.25) is 0 Å². The van der Waals surface area contributed by atoms with Gasteiger partial charge in [0.25, 0.3) is 0 Å². The SMILES string of the molecule is CC(C)(CN)CN1Cc2ccccc2NC1=O. The molecule has 0 radical (unpaired) electrons. The quantitative estimate of drug-likeness (QED) is 0.839. The van der Waals surface area contributed by atoms with Crippen LogP contribution in [0, 0.1) is 5.41 Å². The first-order chi connectivity index (χ1) is 8.02. The lowest BCUT2D eigenvalue weighted by Gasteiger charge is -2.35. The van der Waals surface area contributed by atoms with Crippen LogP contribution in [0.25, 0.3) is 0 Å². The molecule has 92 valence electrons. The van der Waals surface area contributed by atoms with Gasteiger partial charge in [0.15, 0.2) is 0 Å². The molecule has 0 spiro atoms. The van der Waals surface area contributed by atoms with Gasteiger partial charge in [0.05, 0.1) is 0 Å². The number of nitrogens with zero attached hydrogens (tertiary/aromatic N) is 1. The highest BCUT2D eigenvalue weighted by Gasteiger charge is 2.27. The average Bonchev–Trinajstić information content (AvgIpc) is 2.30. The molecule has 4 heteroatoms. The summed E-state index contributed by atoms with van der Waals surface area (Å²) in [7, 11) is 0. The van der Waals surface area contributed by atoms with E-state index in [1.54, 1.807) is 0 Å². The zero-order valence-electron chi connectivity index (χ0n) is 10.4. The van der Waals surface area contributed by atoms with E-state index in [9.17, 15) is 4.79 Å². The zero-order valence-corrected chi connectivity index (χ0v) is 10.4. The standard InChI is InChI=1S/C13H19N3O/c1-13(2,8-14)9-16-7-10-5-3-4-6-11(10)15-12(16)17/h3-6H,7-9,14H2,1-2H3,(H,15,17). The molecule has 0 saturated carbocycles. The highest BCUT2D eigenvalue weighted by Crippen LogP contribution is 2.25. The predicted octanol–water partition coefficient (Wildman–Crippen LogP) is 2.02. The van der Waals surface area contributed by atoms with Crippen molar-refractivity contribution in [2.24, 2.45) is 11.1 Å². The van der Waals surface area contributed by atoms with Crippen molar-refractivity contribution >= 4 is 11.7 Å². The second-order valence-electron chi connectivity index (χ2n) is 5.31. The third kappa shape index (κ3) is 2.58. The molecule has 3 N–H and O–H groups in total. The van der Waals surface area contributed by atoms with Crippen molar-refractivity contribution in [2.45, 2.75) is 20.4 Å². The number of anilines is 1. The van der Waals surface area contributed by atoms with Crippen LogP contribution in [0.5, 0.6) is 0 Å². The molecule has 17 heavy (non-hydrogen) atoms. The van der Waals surface area contributed by atoms with Crippen LogP contribution in [0.2, 0.25) is 0 Å². The number of nitrogens with two attached hydrogens (primary N) is 1. The summed E-state index contributed by atoms with van der Waals surface area (Å²) in [6.07, 6.45) is 0. The van der Waals surface area contributed by atoms with Crippen molar-refractivity contribution in [2.75, 3.05) is 18.4 Å². The number of carbonyl (C=O) groups is 1. The van der Waals surface area contributed by atoms with Crippen LogP contribution in [0.3, 0.4) is 0 Å². The van der Waals surface area contributed by atoms with E-state index in [4.69, 9.17) is 5.73 Å². The molecule has 0 saturated heterocycles. The summed E-state index contributed by atoms with van der Waals surface area (Å²) >= 11 is 0. The molecule has 1 heterocycles. The van der Waals surface area contributed by atoms with Crippen LogP contribution in [-0.4, -0.2) is 24.0 Å². The van der Waals surface area contributed by atoms with Crippen molar-refractivity contribution in [3.05, 3.63) is 29.8 Å². The van der Waals surface area contributed by atoms with E-state index in [1.165, 1.54) is 0 Å². The lowest BCUT2D eigenvalue weighted by atomic mass is 9.92. The summed E-state index contributed by atoms with van der Waals surface area (Å²) in [5.74, 6) is 0. The largest absolute Gasteiger partial charge is 0.330 e. The zero-order chi connectivity index (χ0) is 12.5. The second-order valence-corrected chi connectivity index (χ2v) is 5.31. The minimum atomic E-state index is -0.0520. The molecule has 2 rings (SSSR count). The van der Waals surface area contributed by atoms with Crippen LogP contribution in [-0.2, 0) is 6.54 Å². The molecule has 0 unspecified atom stereocenters. The molecule has 0 atom stereocenters. The van der Waals surface area contributed by atoms with Crippen molar-refractivity contribution in [1.29, 1.82) is 0 Å². The molecule has 4 nitrogen and oxygen atoms in total. The molecule has 0 fully saturated rings. The van der Waals surface area contributed by atoms with E-state index >= 15 is 0 Å². The highest BCUT2D eigenvalue weighted by atomic mass is 16.2. The predicted molar refractivity (Wildman–Crippen MR) is 68.7 cm³/mol. The van der Waals surface area contributed by atoms with Crippen molar-refractivity contribution < 1.29 is 4.79 Å². The van der Waals surface area contributed by atoms with E-state index in [1.807, 2.05) is 29.2 Å². The van der Waals surface area contributed by atoms with Gasteiger partial charge in [-0.15, -0.1) is 0 Å². The number of amides is 2. The van der Waals surface area contributed by atoms with Gasteiger partial charge in [-0.25, -0.2) is 4.79 Å². The average molecular weight is 233 g/mol. The normalized spacial score (nSPS) is 15.5. The van der Waals surface area contributed by atoms with E-state index in [-0.39, 0.29) is 11.4 Å². The Hall–Kier alpha value is -1.55. The molecule has 1 aromatic rings. The number of hydrogen-bond acceptors (Lipinski definition) is 2. The smallest absolute Gasteiger partial charge is 0.322 e. The van der Waals surface area contributed by atoms with E-state index in [2.05, 4.69) is 19.2 Å². The molecule has 2 amide bonds. The van der Waals surface area contributed by atoms with Gasteiger partial charge in [0.1, 0.15) is 0 Å². The molecule has 1 aliphatic heterocycles. The lowest BCUT2D eigenvalue weighted by Crippen LogP contribution is -2.45. The fourth-order valence-electron chi connectivity index (χ4n) is 1.96. The minimum Gasteiger partial charge on any atom is -0.330 e. The van der Waals surface area contributed by atoms with Gasteiger partial charge in [-0.05, 0) is 23.6 Å². The van der Waals surface area contributed by atoms with Gasteiger partial charge in [-0.1, -0.05) is 32.0 Å². The van der Waals surface area contributed by atoms with Crippen molar-refractivity contribution in [3.8, 4) is 0 Å². The number of rotatable bonds is 3. The molecule has 0 aromatic heterocycles. The number of nitrogens with one attached hydrogen (secondary N) is 1. The van der Waals surface area contributed by atoms with E-state index in [0.717, 1.165) is 11.3 Å². The van der Waals surface area contributed by atoms with Crippen LogP contribution in [0.15, 0.2) is 24.3 Å². The Labute approximate surface area is 102 Å². The first kappa shape index (κ1) is 11.9. The number of benzene rings is 1. The number of hydrogen-bond donors (Lipinski definition) is 2. The molecule has 1 aliphatic rings. The Bertz CT molecular complexity index is 428. The van der Waals surface area contributed by atoms with Crippen LogP contribution in [0.4, 0.5) is 10.5 Å². The van der Waals surface area contributed by atoms with Gasteiger partial charge < -0.3 is 16.0 Å². The maximum Gasteiger partial charge on any atom is 0.322 e. The molecule has 0 aliphatic carbocycles. The Morgan fingerprint density at radius 3 is 2.82 bits per heavy atom. The summed E-state index contributed by atoms with van der Waals surface area (Å²) in [6.45, 7) is 6.04. The van der Waals surface area contributed by atoms with Crippen LogP contribution >= 0.6 is 0 Å². The van der Waals surface area contributed by atoms with Gasteiger partial charge in [-0.2, -0.15) is 0 Å². The topological polar surface area (TPSA) is 58.4 Å². The van der Waals surface area contributed by atoms with Crippen molar-refractivity contribution in [1.82, 2.24) is 4.90 Å². The minimum absolute atomic E-state index is 0.0368. The van der Waals surface area contributed by atoms with Crippen LogP contribution < -0.4 is 11.1 Å². The summed E-state index contributed by atoms with van der Waals surface area (Å²) in [5.41, 5.74) is 7.72. The Morgan fingerprint density at radius 1 is 1.41 bits per heavy atom. The summed E-state index contributed by atoms with van der Waals surface area (Å²) in [6, 6.07) is 7.85. The number of para-hydroxylation sites is 1. The van der Waals surface area contributed by atoms with Gasteiger partial charge >= 0.3 is 6.03 Å². The maximum absolute atomic E-state index is 11.9. The first-order valence-corrected chi connectivity index (χ1v) is 5.86. The molecule has 1 aromatic carbocycles. The Morgan fingerprint density at radius 2 is 2.12 bits per heavy atom. The number of urea groups is 1. The summed E-state index contributed by atoms with van der Waals surface area (Å²) in [5, 5.41) is 2.90. The maximum atomic E-state index is 11.9. The Kier molecular flexibility index (Phi) is 3.07.